The van der Waals surface area contributed by atoms with E-state index in [1.165, 1.54) is 25.9 Å². The van der Waals surface area contributed by atoms with Crippen molar-refractivity contribution in [2.45, 2.75) is 31.6 Å². The Labute approximate surface area is 174 Å². The number of hydrogen-bond acceptors (Lipinski definition) is 6. The molecule has 7 heteroatoms. The van der Waals surface area contributed by atoms with Crippen molar-refractivity contribution in [2.75, 3.05) is 19.7 Å². The highest BCUT2D eigenvalue weighted by Crippen LogP contribution is 2.44. The summed E-state index contributed by atoms with van der Waals surface area (Å²) in [6.45, 7) is 2.57. The molecule has 0 atom stereocenters. The molecule has 2 aromatic carbocycles. The van der Waals surface area contributed by atoms with Crippen LogP contribution in [0.1, 0.15) is 42.7 Å². The van der Waals surface area contributed by atoms with Gasteiger partial charge in [0.15, 0.2) is 0 Å². The second-order valence-corrected chi connectivity index (χ2v) is 7.42. The Morgan fingerprint density at radius 3 is 1.93 bits per heavy atom. The number of benzene rings is 2. The number of nitrogens with one attached hydrogen (secondary N) is 1. The van der Waals surface area contributed by atoms with E-state index in [-0.39, 0.29) is 25.4 Å². The molecule has 0 radical (unpaired) electrons. The van der Waals surface area contributed by atoms with Gasteiger partial charge in [0.2, 0.25) is 0 Å². The van der Waals surface area contributed by atoms with Gasteiger partial charge in [-0.25, -0.2) is 4.79 Å². The second-order valence-electron chi connectivity index (χ2n) is 7.42. The van der Waals surface area contributed by atoms with Crippen molar-refractivity contribution in [1.29, 1.82) is 0 Å². The summed E-state index contributed by atoms with van der Waals surface area (Å²) in [4.78, 5) is 39.6. The van der Waals surface area contributed by atoms with E-state index in [1.807, 2.05) is 48.5 Å². The molecule has 0 spiro atoms. The fourth-order valence-electron chi connectivity index (χ4n) is 3.97. The molecule has 2 aliphatic heterocycles. The van der Waals surface area contributed by atoms with Gasteiger partial charge in [-0.05, 0) is 48.2 Å². The minimum Gasteiger partial charge on any atom is -0.432 e. The maximum Gasteiger partial charge on any atom is 0.533 e. The highest BCUT2D eigenvalue weighted by molar-refractivity contribution is 6.01. The quantitative estimate of drug-likeness (QED) is 0.619. The zero-order chi connectivity index (χ0) is 20.9. The predicted molar refractivity (Wildman–Crippen MR) is 109 cm³/mol. The molecule has 7 nitrogen and oxygen atoms in total. The topological polar surface area (TPSA) is 84.9 Å². The molecule has 2 saturated heterocycles. The first kappa shape index (κ1) is 20.1. The number of rotatable bonds is 3. The van der Waals surface area contributed by atoms with Crippen molar-refractivity contribution >= 4 is 18.0 Å². The van der Waals surface area contributed by atoms with Crippen LogP contribution < -0.4 is 5.32 Å². The molecule has 1 aliphatic carbocycles. The molecule has 0 aromatic heterocycles. The summed E-state index contributed by atoms with van der Waals surface area (Å²) in [6.07, 6.45) is 1.83. The van der Waals surface area contributed by atoms with Crippen LogP contribution in [0, 0.1) is 0 Å². The van der Waals surface area contributed by atoms with Gasteiger partial charge in [0, 0.05) is 18.8 Å². The van der Waals surface area contributed by atoms with Crippen LogP contribution in [-0.4, -0.2) is 42.7 Å². The summed E-state index contributed by atoms with van der Waals surface area (Å²) in [5, 5.41) is 3.71. The molecule has 2 fully saturated rings. The fourth-order valence-corrected chi connectivity index (χ4v) is 3.97. The minimum atomic E-state index is -1.05. The van der Waals surface area contributed by atoms with Crippen LogP contribution in [0.2, 0.25) is 0 Å². The molecule has 5 rings (SSSR count). The van der Waals surface area contributed by atoms with E-state index in [2.05, 4.69) is 5.32 Å². The number of ether oxygens (including phenoxy) is 1. The van der Waals surface area contributed by atoms with E-state index >= 15 is 0 Å². The van der Waals surface area contributed by atoms with Crippen molar-refractivity contribution in [3.63, 3.8) is 0 Å². The molecule has 0 saturated carbocycles. The Balaban J connectivity index is 0.000000383. The Kier molecular flexibility index (Phi) is 6.09. The minimum absolute atomic E-state index is 0.0511. The number of carbonyl (C=O) groups is 3. The lowest BCUT2D eigenvalue weighted by molar-refractivity contribution is -0.177. The maximum atomic E-state index is 11.9. The van der Waals surface area contributed by atoms with Crippen molar-refractivity contribution in [3.8, 4) is 11.1 Å². The van der Waals surface area contributed by atoms with Gasteiger partial charge < -0.3 is 10.1 Å². The van der Waals surface area contributed by atoms with Crippen molar-refractivity contribution in [1.82, 2.24) is 10.4 Å². The monoisotopic (exact) mass is 408 g/mol. The fraction of sp³-hybridized carbons (Fsp3) is 0.348. The van der Waals surface area contributed by atoms with Crippen LogP contribution in [0.3, 0.4) is 0 Å². The van der Waals surface area contributed by atoms with Gasteiger partial charge in [-0.3, -0.25) is 14.4 Å². The Morgan fingerprint density at radius 1 is 0.900 bits per heavy atom. The van der Waals surface area contributed by atoms with Crippen molar-refractivity contribution < 1.29 is 24.0 Å². The van der Waals surface area contributed by atoms with E-state index in [9.17, 15) is 14.4 Å². The molecular weight excluding hydrogens is 384 g/mol. The third-order valence-electron chi connectivity index (χ3n) is 5.46. The lowest BCUT2D eigenvalue weighted by Crippen LogP contribution is -2.32. The SMILES string of the molecule is C1CCNC1.O=C(OCC1c2ccccc2-c2ccccc21)ON1C(=O)CCC1=O. The van der Waals surface area contributed by atoms with E-state index in [0.717, 1.165) is 22.3 Å². The predicted octanol–water partition coefficient (Wildman–Crippen LogP) is 3.39. The van der Waals surface area contributed by atoms with Crippen LogP contribution >= 0.6 is 0 Å². The number of carbonyl (C=O) groups excluding carboxylic acids is 3. The summed E-state index contributed by atoms with van der Waals surface area (Å²) in [5.74, 6) is -1.16. The first-order valence-corrected chi connectivity index (χ1v) is 10.2. The molecule has 2 amide bonds. The standard InChI is InChI=1S/C19H15NO5.C4H9N/c21-17-9-10-18(22)20(17)25-19(23)24-11-16-14-7-3-1-5-12(14)13-6-2-4-8-15(13)16;1-2-4-5-3-1/h1-8,16H,9-11H2;5H,1-4H2. The van der Waals surface area contributed by atoms with Crippen LogP contribution in [0.5, 0.6) is 0 Å². The summed E-state index contributed by atoms with van der Waals surface area (Å²) in [5.41, 5.74) is 4.38. The molecule has 0 unspecified atom stereocenters. The van der Waals surface area contributed by atoms with E-state index < -0.39 is 18.0 Å². The average Bonchev–Trinajstić information content (AvgIpc) is 3.51. The van der Waals surface area contributed by atoms with Crippen LogP contribution in [0.25, 0.3) is 11.1 Å². The molecule has 3 aliphatic rings. The number of hydroxylamine groups is 2. The number of imide groups is 1. The lowest BCUT2D eigenvalue weighted by Gasteiger charge is -2.16. The summed E-state index contributed by atoms with van der Waals surface area (Å²) in [6, 6.07) is 15.9. The summed E-state index contributed by atoms with van der Waals surface area (Å²) >= 11 is 0. The first-order chi connectivity index (χ1) is 14.6. The second kappa shape index (κ2) is 9.09. The van der Waals surface area contributed by atoms with E-state index in [0.29, 0.717) is 5.06 Å². The van der Waals surface area contributed by atoms with Gasteiger partial charge in [0.1, 0.15) is 6.61 Å². The molecular formula is C23H24N2O5. The number of hydrogen-bond donors (Lipinski definition) is 1. The molecule has 1 N–H and O–H groups in total. The summed E-state index contributed by atoms with van der Waals surface area (Å²) in [7, 11) is 0. The first-order valence-electron chi connectivity index (χ1n) is 10.2. The number of fused-ring (bicyclic) bond motifs is 3. The van der Waals surface area contributed by atoms with Crippen molar-refractivity contribution in [2.24, 2.45) is 0 Å². The zero-order valence-corrected chi connectivity index (χ0v) is 16.6. The van der Waals surface area contributed by atoms with Gasteiger partial charge >= 0.3 is 6.16 Å². The third kappa shape index (κ3) is 4.21. The third-order valence-corrected chi connectivity index (χ3v) is 5.46. The lowest BCUT2D eigenvalue weighted by atomic mass is 9.98. The Bertz CT molecular complexity index is 885. The molecule has 30 heavy (non-hydrogen) atoms. The highest BCUT2D eigenvalue weighted by Gasteiger charge is 2.34. The Hall–Kier alpha value is -3.19. The number of nitrogens with zero attached hydrogens (tertiary/aromatic N) is 1. The summed E-state index contributed by atoms with van der Waals surface area (Å²) < 4.78 is 5.19. The molecule has 156 valence electrons. The van der Waals surface area contributed by atoms with Gasteiger partial charge in [0.05, 0.1) is 0 Å². The van der Waals surface area contributed by atoms with E-state index in [4.69, 9.17) is 9.57 Å². The van der Waals surface area contributed by atoms with Crippen LogP contribution in [0.15, 0.2) is 48.5 Å². The number of amides is 2. The normalized spacial score (nSPS) is 17.3. The van der Waals surface area contributed by atoms with Gasteiger partial charge in [-0.1, -0.05) is 53.6 Å². The smallest absolute Gasteiger partial charge is 0.432 e. The molecule has 2 heterocycles. The van der Waals surface area contributed by atoms with E-state index in [1.54, 1.807) is 0 Å². The zero-order valence-electron chi connectivity index (χ0n) is 16.6. The van der Waals surface area contributed by atoms with Crippen molar-refractivity contribution in [3.05, 3.63) is 59.7 Å². The largest absolute Gasteiger partial charge is 0.533 e. The van der Waals surface area contributed by atoms with Crippen LogP contribution in [0.4, 0.5) is 4.79 Å². The van der Waals surface area contributed by atoms with Crippen LogP contribution in [-0.2, 0) is 19.2 Å². The van der Waals surface area contributed by atoms with Gasteiger partial charge in [0.25, 0.3) is 11.8 Å². The van der Waals surface area contributed by atoms with Gasteiger partial charge in [-0.15, -0.1) is 0 Å². The molecule has 2 aromatic rings. The maximum absolute atomic E-state index is 11.9. The highest BCUT2D eigenvalue weighted by atomic mass is 16.8. The average molecular weight is 408 g/mol. The Morgan fingerprint density at radius 2 is 1.43 bits per heavy atom. The molecule has 0 bridgehead atoms. The van der Waals surface area contributed by atoms with Gasteiger partial charge in [-0.2, -0.15) is 0 Å².